The van der Waals surface area contributed by atoms with Crippen molar-refractivity contribution in [1.29, 1.82) is 0 Å². The number of benzene rings is 1. The molecule has 15 heavy (non-hydrogen) atoms. The largest absolute Gasteiger partial charge is 0.487 e. The molecule has 1 aromatic carbocycles. The third-order valence-electron chi connectivity index (χ3n) is 2.36. The van der Waals surface area contributed by atoms with Crippen molar-refractivity contribution < 1.29 is 9.53 Å². The van der Waals surface area contributed by atoms with Crippen LogP contribution < -0.4 is 9.64 Å². The number of anilines is 1. The highest BCUT2D eigenvalue weighted by Gasteiger charge is 2.25. The van der Waals surface area contributed by atoms with Gasteiger partial charge in [0.15, 0.2) is 0 Å². The molecule has 1 atom stereocenters. The summed E-state index contributed by atoms with van der Waals surface area (Å²) in [5.41, 5.74) is 0.796. The first-order valence-electron chi connectivity index (χ1n) is 4.82. The molecule has 2 rings (SSSR count). The third-order valence-corrected chi connectivity index (χ3v) is 2.60. The van der Waals surface area contributed by atoms with Gasteiger partial charge in [0.2, 0.25) is 5.91 Å². The van der Waals surface area contributed by atoms with Gasteiger partial charge in [-0.2, -0.15) is 0 Å². The van der Waals surface area contributed by atoms with Crippen molar-refractivity contribution in [3.63, 3.8) is 0 Å². The lowest BCUT2D eigenvalue weighted by atomic mass is 10.2. The van der Waals surface area contributed by atoms with Crippen molar-refractivity contribution in [3.05, 3.63) is 23.2 Å². The van der Waals surface area contributed by atoms with E-state index in [4.69, 9.17) is 16.3 Å². The zero-order valence-electron chi connectivity index (χ0n) is 8.66. The number of carbonyl (C=O) groups is 1. The van der Waals surface area contributed by atoms with E-state index in [1.807, 2.05) is 13.0 Å². The molecular weight excluding hydrogens is 214 g/mol. The van der Waals surface area contributed by atoms with Crippen LogP contribution in [-0.2, 0) is 4.79 Å². The van der Waals surface area contributed by atoms with Crippen molar-refractivity contribution in [2.45, 2.75) is 20.0 Å². The third kappa shape index (κ3) is 1.92. The quantitative estimate of drug-likeness (QED) is 0.679. The molecule has 1 aliphatic heterocycles. The first-order valence-corrected chi connectivity index (χ1v) is 5.20. The number of carbonyl (C=O) groups excluding carboxylic acids is 1. The van der Waals surface area contributed by atoms with Crippen molar-refractivity contribution >= 4 is 23.2 Å². The highest BCUT2D eigenvalue weighted by atomic mass is 35.5. The Hall–Kier alpha value is -1.22. The van der Waals surface area contributed by atoms with Crippen molar-refractivity contribution in [1.82, 2.24) is 0 Å². The van der Waals surface area contributed by atoms with E-state index in [2.05, 4.69) is 0 Å². The maximum atomic E-state index is 11.4. The van der Waals surface area contributed by atoms with E-state index in [9.17, 15) is 4.79 Å². The fraction of sp³-hybridized carbons (Fsp3) is 0.364. The maximum Gasteiger partial charge on any atom is 0.224 e. The molecule has 0 aromatic heterocycles. The maximum absolute atomic E-state index is 11.4. The number of hydrogen-bond acceptors (Lipinski definition) is 2. The predicted molar refractivity (Wildman–Crippen MR) is 59.6 cm³/mol. The first kappa shape index (κ1) is 10.3. The molecule has 0 spiro atoms. The lowest BCUT2D eigenvalue weighted by Crippen LogP contribution is -2.41. The molecule has 0 fully saturated rings. The van der Waals surface area contributed by atoms with Crippen molar-refractivity contribution in [2.75, 3.05) is 11.4 Å². The second-order valence-corrected chi connectivity index (χ2v) is 4.11. The molecule has 1 aliphatic rings. The van der Waals surface area contributed by atoms with Crippen LogP contribution in [0.5, 0.6) is 5.75 Å². The fourth-order valence-electron chi connectivity index (χ4n) is 1.71. The summed E-state index contributed by atoms with van der Waals surface area (Å²) in [5.74, 6) is 0.699. The number of rotatable bonds is 0. The smallest absolute Gasteiger partial charge is 0.224 e. The number of amides is 1. The van der Waals surface area contributed by atoms with Gasteiger partial charge in [-0.25, -0.2) is 0 Å². The van der Waals surface area contributed by atoms with Gasteiger partial charge in [-0.3, -0.25) is 4.79 Å². The predicted octanol–water partition coefficient (Wildman–Crippen LogP) is 2.47. The molecular formula is C11H12ClNO2. The normalized spacial score (nSPS) is 19.4. The average Bonchev–Trinajstić information content (AvgIpc) is 2.15. The van der Waals surface area contributed by atoms with E-state index in [1.54, 1.807) is 24.0 Å². The Bertz CT molecular complexity index is 406. The second kappa shape index (κ2) is 3.74. The van der Waals surface area contributed by atoms with Gasteiger partial charge in [0.1, 0.15) is 11.9 Å². The summed E-state index contributed by atoms with van der Waals surface area (Å²) >= 11 is 5.87. The summed E-state index contributed by atoms with van der Waals surface area (Å²) in [5, 5.41) is 0.617. The molecule has 0 aliphatic carbocycles. The van der Waals surface area contributed by atoms with Crippen LogP contribution in [0, 0.1) is 0 Å². The number of ether oxygens (including phenoxy) is 1. The Labute approximate surface area is 93.6 Å². The molecule has 80 valence electrons. The van der Waals surface area contributed by atoms with E-state index in [0.717, 1.165) is 5.69 Å². The molecule has 0 saturated heterocycles. The first-order chi connectivity index (χ1) is 7.08. The topological polar surface area (TPSA) is 29.5 Å². The molecule has 1 aromatic rings. The van der Waals surface area contributed by atoms with E-state index in [0.29, 0.717) is 17.3 Å². The highest BCUT2D eigenvalue weighted by molar-refractivity contribution is 6.30. The Kier molecular flexibility index (Phi) is 2.57. The molecule has 0 bridgehead atoms. The molecule has 3 nitrogen and oxygen atoms in total. The number of halogens is 1. The van der Waals surface area contributed by atoms with Gasteiger partial charge in [-0.1, -0.05) is 11.6 Å². The fourth-order valence-corrected chi connectivity index (χ4v) is 1.88. The van der Waals surface area contributed by atoms with Gasteiger partial charge in [-0.05, 0) is 19.1 Å². The monoisotopic (exact) mass is 225 g/mol. The van der Waals surface area contributed by atoms with Gasteiger partial charge in [0.25, 0.3) is 0 Å². The van der Waals surface area contributed by atoms with Crippen LogP contribution in [0.3, 0.4) is 0 Å². The van der Waals surface area contributed by atoms with Crippen LogP contribution in [-0.4, -0.2) is 18.6 Å². The van der Waals surface area contributed by atoms with Gasteiger partial charge >= 0.3 is 0 Å². The van der Waals surface area contributed by atoms with E-state index in [1.165, 1.54) is 0 Å². The molecule has 1 unspecified atom stereocenters. The molecule has 0 saturated carbocycles. The number of fused-ring (bicyclic) bond motifs is 1. The highest BCUT2D eigenvalue weighted by Crippen LogP contribution is 2.35. The van der Waals surface area contributed by atoms with Gasteiger partial charge < -0.3 is 9.64 Å². The Morgan fingerprint density at radius 2 is 2.33 bits per heavy atom. The lowest BCUT2D eigenvalue weighted by Gasteiger charge is -2.32. The standard InChI is InChI=1S/C11H12ClNO2/c1-7-6-13(8(2)14)10-4-3-9(12)5-11(10)15-7/h3-5,7H,6H2,1-2H3. The molecule has 1 heterocycles. The minimum atomic E-state index is -0.000123. The summed E-state index contributed by atoms with van der Waals surface area (Å²) in [6.07, 6.45) is -0.000123. The summed E-state index contributed by atoms with van der Waals surface area (Å²) in [6, 6.07) is 5.31. The van der Waals surface area contributed by atoms with E-state index >= 15 is 0 Å². The van der Waals surface area contributed by atoms with Crippen LogP contribution in [0.1, 0.15) is 13.8 Å². The van der Waals surface area contributed by atoms with Crippen LogP contribution in [0.15, 0.2) is 18.2 Å². The van der Waals surface area contributed by atoms with Crippen LogP contribution >= 0.6 is 11.6 Å². The minimum Gasteiger partial charge on any atom is -0.487 e. The minimum absolute atomic E-state index is 0.000123. The van der Waals surface area contributed by atoms with Gasteiger partial charge in [-0.15, -0.1) is 0 Å². The van der Waals surface area contributed by atoms with Crippen molar-refractivity contribution in [3.8, 4) is 5.75 Å². The van der Waals surface area contributed by atoms with Crippen LogP contribution in [0.2, 0.25) is 5.02 Å². The van der Waals surface area contributed by atoms with Crippen LogP contribution in [0.4, 0.5) is 5.69 Å². The summed E-state index contributed by atoms with van der Waals surface area (Å²) in [4.78, 5) is 13.1. The summed E-state index contributed by atoms with van der Waals surface area (Å²) < 4.78 is 5.61. The number of hydrogen-bond donors (Lipinski definition) is 0. The van der Waals surface area contributed by atoms with Gasteiger partial charge in [0, 0.05) is 18.0 Å². The van der Waals surface area contributed by atoms with E-state index in [-0.39, 0.29) is 12.0 Å². The molecule has 1 amide bonds. The molecule has 4 heteroatoms. The average molecular weight is 226 g/mol. The molecule has 0 radical (unpaired) electrons. The molecule has 0 N–H and O–H groups in total. The van der Waals surface area contributed by atoms with E-state index < -0.39 is 0 Å². The zero-order valence-corrected chi connectivity index (χ0v) is 9.41. The zero-order chi connectivity index (χ0) is 11.0. The Morgan fingerprint density at radius 3 is 3.00 bits per heavy atom. The van der Waals surface area contributed by atoms with Crippen LogP contribution in [0.25, 0.3) is 0 Å². The van der Waals surface area contributed by atoms with Crippen molar-refractivity contribution in [2.24, 2.45) is 0 Å². The number of nitrogens with zero attached hydrogens (tertiary/aromatic N) is 1. The Morgan fingerprint density at radius 1 is 1.60 bits per heavy atom. The Balaban J connectivity index is 2.46. The van der Waals surface area contributed by atoms with Gasteiger partial charge in [0.05, 0.1) is 12.2 Å². The lowest BCUT2D eigenvalue weighted by molar-refractivity contribution is -0.117. The summed E-state index contributed by atoms with van der Waals surface area (Å²) in [6.45, 7) is 4.07. The second-order valence-electron chi connectivity index (χ2n) is 3.67. The summed E-state index contributed by atoms with van der Waals surface area (Å²) in [7, 11) is 0. The SMILES string of the molecule is CC(=O)N1CC(C)Oc2cc(Cl)ccc21.